The van der Waals surface area contributed by atoms with Gasteiger partial charge in [-0.15, -0.1) is 0 Å². The molecule has 0 atom stereocenters. The molecule has 0 unspecified atom stereocenters. The van der Waals surface area contributed by atoms with Crippen molar-refractivity contribution in [1.29, 1.82) is 10.8 Å². The molecule has 1 aliphatic carbocycles. The number of nitrogens with zero attached hydrogens (tertiary/aromatic N) is 3. The van der Waals surface area contributed by atoms with Crippen molar-refractivity contribution in [2.45, 2.75) is 0 Å². The van der Waals surface area contributed by atoms with Gasteiger partial charge in [0.05, 0.1) is 16.9 Å². The average Bonchev–Trinajstić information content (AvgIpc) is 3.17. The Balaban J connectivity index is 0.000000186. The lowest BCUT2D eigenvalue weighted by Gasteiger charge is -2.18. The summed E-state index contributed by atoms with van der Waals surface area (Å²) in [7, 11) is 0. The van der Waals surface area contributed by atoms with E-state index < -0.39 is 0 Å². The number of hydrogen-bond donors (Lipinski definition) is 3. The molecule has 6 heteroatoms. The molecule has 234 valence electrons. The summed E-state index contributed by atoms with van der Waals surface area (Å²) in [5, 5.41) is 18.1. The average molecular weight is 633 g/mol. The van der Waals surface area contributed by atoms with Gasteiger partial charge < -0.3 is 5.73 Å². The van der Waals surface area contributed by atoms with E-state index in [0.717, 1.165) is 72.2 Å². The smallest absolute Gasteiger partial charge is 0.0867 e. The minimum atomic E-state index is 0.205. The van der Waals surface area contributed by atoms with Gasteiger partial charge >= 0.3 is 0 Å². The van der Waals surface area contributed by atoms with E-state index in [1.165, 1.54) is 0 Å². The van der Waals surface area contributed by atoms with E-state index in [-0.39, 0.29) is 11.4 Å². The predicted octanol–water partition coefficient (Wildman–Crippen LogP) is 9.81. The summed E-state index contributed by atoms with van der Waals surface area (Å²) >= 11 is 0. The lowest BCUT2D eigenvalue weighted by Crippen LogP contribution is -2.15. The summed E-state index contributed by atoms with van der Waals surface area (Å²) < 4.78 is 0. The van der Waals surface area contributed by atoms with Crippen LogP contribution in [0.25, 0.3) is 55.4 Å². The Kier molecular flexibility index (Phi) is 8.76. The number of nitrogen functional groups attached to an aromatic ring is 1. The van der Waals surface area contributed by atoms with E-state index >= 15 is 0 Å². The van der Waals surface area contributed by atoms with Crippen LogP contribution in [0, 0.1) is 10.8 Å². The molecule has 0 aliphatic heterocycles. The third-order valence-corrected chi connectivity index (χ3v) is 8.33. The standard InChI is InChI=1S/C28H20N4.C15H12N2/c29-27-16-25(21-7-1-5-19(13-21)23-9-3-11-31-17-23)15-26(28(27)30)22-8-2-6-20(14-22)24-10-4-12-32-18-24;16-14-7-5-11(6-8-14)13-9-12-3-1-2-4-15(12)17-10-13/h1-18,29-30H;1-10H,16H2. The Hall–Kier alpha value is -6.79. The fraction of sp³-hybridized carbons (Fsp3) is 0. The van der Waals surface area contributed by atoms with E-state index in [2.05, 4.69) is 45.3 Å². The molecule has 0 spiro atoms. The van der Waals surface area contributed by atoms with Crippen molar-refractivity contribution in [3.05, 3.63) is 182 Å². The molecule has 49 heavy (non-hydrogen) atoms. The Morgan fingerprint density at radius 1 is 0.469 bits per heavy atom. The van der Waals surface area contributed by atoms with Gasteiger partial charge in [-0.2, -0.15) is 0 Å². The SMILES string of the molecule is N=C1C=C(c2cccc(-c3cccnc3)c2)C=C(c2cccc(-c3cccnc3)c2)C1=N.Nc1ccc(-c2cnc3ccccc3c2)cc1. The van der Waals surface area contributed by atoms with Crippen LogP contribution in [0.2, 0.25) is 0 Å². The number of benzene rings is 4. The van der Waals surface area contributed by atoms with Crippen LogP contribution in [0.1, 0.15) is 11.1 Å². The fourth-order valence-corrected chi connectivity index (χ4v) is 5.75. The number of hydrogen-bond acceptors (Lipinski definition) is 6. The molecule has 0 radical (unpaired) electrons. The molecule has 8 rings (SSSR count). The van der Waals surface area contributed by atoms with Crippen molar-refractivity contribution < 1.29 is 0 Å². The Morgan fingerprint density at radius 3 is 1.76 bits per heavy atom. The first-order valence-electron chi connectivity index (χ1n) is 15.9. The van der Waals surface area contributed by atoms with Crippen molar-refractivity contribution in [1.82, 2.24) is 15.0 Å². The zero-order chi connectivity index (χ0) is 33.6. The number of aromatic nitrogens is 3. The Labute approximate surface area is 285 Å². The number of nitrogens with one attached hydrogen (secondary N) is 2. The summed E-state index contributed by atoms with van der Waals surface area (Å²) in [5.74, 6) is 0. The first-order valence-corrected chi connectivity index (χ1v) is 15.9. The van der Waals surface area contributed by atoms with E-state index in [9.17, 15) is 0 Å². The van der Waals surface area contributed by atoms with Gasteiger partial charge in [0.1, 0.15) is 0 Å². The maximum Gasteiger partial charge on any atom is 0.0867 e. The summed E-state index contributed by atoms with van der Waals surface area (Å²) in [6.07, 6.45) is 12.9. The van der Waals surface area contributed by atoms with Gasteiger partial charge in [-0.3, -0.25) is 25.8 Å². The van der Waals surface area contributed by atoms with Crippen LogP contribution in [0.5, 0.6) is 0 Å². The second-order valence-corrected chi connectivity index (χ2v) is 11.6. The second-order valence-electron chi connectivity index (χ2n) is 11.6. The van der Waals surface area contributed by atoms with Crippen LogP contribution in [-0.4, -0.2) is 26.4 Å². The Morgan fingerprint density at radius 2 is 1.08 bits per heavy atom. The molecule has 3 aromatic heterocycles. The third kappa shape index (κ3) is 6.99. The van der Waals surface area contributed by atoms with E-state index in [1.54, 1.807) is 18.5 Å². The van der Waals surface area contributed by atoms with Gasteiger partial charge in [-0.05, 0) is 94.1 Å². The maximum absolute atomic E-state index is 8.54. The zero-order valence-electron chi connectivity index (χ0n) is 26.6. The van der Waals surface area contributed by atoms with E-state index in [4.69, 9.17) is 16.6 Å². The van der Waals surface area contributed by atoms with Crippen molar-refractivity contribution in [2.75, 3.05) is 5.73 Å². The van der Waals surface area contributed by atoms with Gasteiger partial charge in [0.25, 0.3) is 0 Å². The highest BCUT2D eigenvalue weighted by Crippen LogP contribution is 2.32. The number of pyridine rings is 3. The second kappa shape index (κ2) is 13.9. The molecule has 0 saturated carbocycles. The fourth-order valence-electron chi connectivity index (χ4n) is 5.75. The van der Waals surface area contributed by atoms with Crippen molar-refractivity contribution >= 4 is 39.2 Å². The summed E-state index contributed by atoms with van der Waals surface area (Å²) in [5.41, 5.74) is 17.9. The number of fused-ring (bicyclic) bond motifs is 1. The molecule has 0 bridgehead atoms. The molecule has 0 saturated heterocycles. The van der Waals surface area contributed by atoms with Crippen LogP contribution in [0.4, 0.5) is 5.69 Å². The normalized spacial score (nSPS) is 12.5. The quantitative estimate of drug-likeness (QED) is 0.129. The highest BCUT2D eigenvalue weighted by molar-refractivity contribution is 6.61. The lowest BCUT2D eigenvalue weighted by atomic mass is 9.87. The topological polar surface area (TPSA) is 112 Å². The van der Waals surface area contributed by atoms with Crippen LogP contribution in [0.15, 0.2) is 171 Å². The van der Waals surface area contributed by atoms with Gasteiger partial charge in [-0.1, -0.05) is 78.9 Å². The van der Waals surface area contributed by atoms with Gasteiger partial charge in [0.15, 0.2) is 0 Å². The molecule has 0 amide bonds. The maximum atomic E-state index is 8.54. The van der Waals surface area contributed by atoms with Crippen molar-refractivity contribution in [2.24, 2.45) is 0 Å². The molecule has 7 aromatic rings. The molecular weight excluding hydrogens is 601 g/mol. The zero-order valence-corrected chi connectivity index (χ0v) is 26.6. The van der Waals surface area contributed by atoms with E-state index in [0.29, 0.717) is 0 Å². The first kappa shape index (κ1) is 30.8. The molecular formula is C43H32N6. The summed E-state index contributed by atoms with van der Waals surface area (Å²) in [6, 6.07) is 42.3. The van der Waals surface area contributed by atoms with Crippen LogP contribution in [-0.2, 0) is 0 Å². The van der Waals surface area contributed by atoms with Crippen molar-refractivity contribution in [3.8, 4) is 33.4 Å². The largest absolute Gasteiger partial charge is 0.399 e. The monoisotopic (exact) mass is 632 g/mol. The Bertz CT molecular complexity index is 2360. The first-order chi connectivity index (χ1) is 24.0. The van der Waals surface area contributed by atoms with E-state index in [1.807, 2.05) is 122 Å². The molecule has 0 fully saturated rings. The number of rotatable bonds is 5. The molecule has 6 nitrogen and oxygen atoms in total. The summed E-state index contributed by atoms with van der Waals surface area (Å²) in [4.78, 5) is 12.9. The van der Waals surface area contributed by atoms with Crippen LogP contribution in [0.3, 0.4) is 0 Å². The number of anilines is 1. The van der Waals surface area contributed by atoms with Gasteiger partial charge in [0, 0.05) is 64.3 Å². The minimum Gasteiger partial charge on any atom is -0.399 e. The lowest BCUT2D eigenvalue weighted by molar-refractivity contribution is 1.33. The molecule has 4 N–H and O–H groups in total. The molecule has 1 aliphatic rings. The van der Waals surface area contributed by atoms with Crippen LogP contribution < -0.4 is 5.73 Å². The number of nitrogens with two attached hydrogens (primary N) is 1. The summed E-state index contributed by atoms with van der Waals surface area (Å²) in [6.45, 7) is 0. The molecule has 4 aromatic carbocycles. The predicted molar refractivity (Wildman–Crippen MR) is 202 cm³/mol. The van der Waals surface area contributed by atoms with Crippen LogP contribution >= 0.6 is 0 Å². The number of allylic oxidation sites excluding steroid dienone is 4. The van der Waals surface area contributed by atoms with Gasteiger partial charge in [0.2, 0.25) is 0 Å². The third-order valence-electron chi connectivity index (χ3n) is 8.33. The highest BCUT2D eigenvalue weighted by atomic mass is 14.6. The van der Waals surface area contributed by atoms with Gasteiger partial charge in [-0.25, -0.2) is 0 Å². The highest BCUT2D eigenvalue weighted by Gasteiger charge is 2.19. The molecule has 3 heterocycles. The number of para-hydroxylation sites is 1. The van der Waals surface area contributed by atoms with Crippen molar-refractivity contribution in [3.63, 3.8) is 0 Å². The minimum absolute atomic E-state index is 0.205.